The predicted octanol–water partition coefficient (Wildman–Crippen LogP) is 5.98. The number of nitrogens with zero attached hydrogens (tertiary/aromatic N) is 1. The van der Waals surface area contributed by atoms with Crippen LogP contribution in [0.1, 0.15) is 71.3 Å². The lowest BCUT2D eigenvalue weighted by molar-refractivity contribution is -0.144. The number of ether oxygens (including phenoxy) is 3. The third-order valence-corrected chi connectivity index (χ3v) is 6.30. The molecular formula is C25H35NO5S2. The molecule has 1 aromatic carbocycles. The van der Waals surface area contributed by atoms with Crippen LogP contribution in [0.4, 0.5) is 0 Å². The molecule has 182 valence electrons. The molecule has 1 fully saturated rings. The van der Waals surface area contributed by atoms with Gasteiger partial charge in [-0.2, -0.15) is 0 Å². The molecule has 1 amide bonds. The van der Waals surface area contributed by atoms with Crippen molar-refractivity contribution in [3.05, 3.63) is 28.7 Å². The fraction of sp³-hybridized carbons (Fsp3) is 0.560. The average Bonchev–Trinajstić information content (AvgIpc) is 3.06. The Morgan fingerprint density at radius 1 is 1.03 bits per heavy atom. The first-order chi connectivity index (χ1) is 16.0. The lowest BCUT2D eigenvalue weighted by Gasteiger charge is -2.14. The Morgan fingerprint density at radius 2 is 1.85 bits per heavy atom. The molecule has 0 atom stereocenters. The number of hydrogen-bond acceptors (Lipinski definition) is 7. The maximum absolute atomic E-state index is 12.9. The minimum atomic E-state index is -0.242. The summed E-state index contributed by atoms with van der Waals surface area (Å²) in [5.41, 5.74) is 0.848. The first-order valence-corrected chi connectivity index (χ1v) is 13.0. The average molecular weight is 494 g/mol. The molecule has 0 radical (unpaired) electrons. The van der Waals surface area contributed by atoms with E-state index in [1.54, 1.807) is 4.90 Å². The molecule has 0 unspecified atom stereocenters. The van der Waals surface area contributed by atoms with E-state index in [0.29, 0.717) is 53.5 Å². The second-order valence-corrected chi connectivity index (χ2v) is 9.38. The van der Waals surface area contributed by atoms with Crippen molar-refractivity contribution in [3.8, 4) is 11.5 Å². The van der Waals surface area contributed by atoms with E-state index in [1.807, 2.05) is 38.1 Å². The summed E-state index contributed by atoms with van der Waals surface area (Å²) >= 11 is 6.67. The second-order valence-electron chi connectivity index (χ2n) is 7.71. The van der Waals surface area contributed by atoms with Gasteiger partial charge in [-0.25, -0.2) is 0 Å². The molecule has 6 nitrogen and oxygen atoms in total. The number of carbonyl (C=O) groups is 2. The van der Waals surface area contributed by atoms with Crippen LogP contribution in [0.3, 0.4) is 0 Å². The third kappa shape index (κ3) is 9.01. The van der Waals surface area contributed by atoms with Crippen molar-refractivity contribution in [2.75, 3.05) is 26.4 Å². The van der Waals surface area contributed by atoms with Gasteiger partial charge in [-0.15, -0.1) is 0 Å². The molecule has 0 N–H and O–H groups in total. The van der Waals surface area contributed by atoms with E-state index in [1.165, 1.54) is 24.6 Å². The molecule has 0 aliphatic carbocycles. The summed E-state index contributed by atoms with van der Waals surface area (Å²) in [5.74, 6) is 1.01. The molecule has 33 heavy (non-hydrogen) atoms. The Hall–Kier alpha value is -2.06. The van der Waals surface area contributed by atoms with Gasteiger partial charge in [-0.05, 0) is 50.0 Å². The van der Waals surface area contributed by atoms with E-state index < -0.39 is 0 Å². The Kier molecular flexibility index (Phi) is 12.3. The summed E-state index contributed by atoms with van der Waals surface area (Å²) in [6.07, 6.45) is 7.97. The number of thiocarbonyl (C=S) groups is 1. The van der Waals surface area contributed by atoms with E-state index in [2.05, 4.69) is 6.92 Å². The van der Waals surface area contributed by atoms with E-state index in [4.69, 9.17) is 26.4 Å². The van der Waals surface area contributed by atoms with E-state index in [9.17, 15) is 9.59 Å². The summed E-state index contributed by atoms with van der Waals surface area (Å²) in [6.45, 7) is 8.08. The van der Waals surface area contributed by atoms with Crippen LogP contribution in [0.25, 0.3) is 6.08 Å². The summed E-state index contributed by atoms with van der Waals surface area (Å²) in [4.78, 5) is 26.6. The van der Waals surface area contributed by atoms with Gasteiger partial charge >= 0.3 is 5.97 Å². The summed E-state index contributed by atoms with van der Waals surface area (Å²) in [6, 6.07) is 5.70. The van der Waals surface area contributed by atoms with Crippen molar-refractivity contribution in [2.45, 2.75) is 65.7 Å². The highest BCUT2D eigenvalue weighted by molar-refractivity contribution is 8.26. The lowest BCUT2D eigenvalue weighted by Crippen LogP contribution is -2.29. The largest absolute Gasteiger partial charge is 0.490 e. The highest BCUT2D eigenvalue weighted by Crippen LogP contribution is 2.35. The zero-order valence-electron chi connectivity index (χ0n) is 19.9. The van der Waals surface area contributed by atoms with Gasteiger partial charge in [0.05, 0.1) is 24.7 Å². The Morgan fingerprint density at radius 3 is 2.58 bits per heavy atom. The molecule has 2 rings (SSSR count). The first kappa shape index (κ1) is 27.2. The van der Waals surface area contributed by atoms with Crippen LogP contribution < -0.4 is 9.47 Å². The molecule has 1 heterocycles. The van der Waals surface area contributed by atoms with E-state index in [-0.39, 0.29) is 18.3 Å². The summed E-state index contributed by atoms with van der Waals surface area (Å²) in [7, 11) is 0. The van der Waals surface area contributed by atoms with Gasteiger partial charge in [-0.1, -0.05) is 63.2 Å². The monoisotopic (exact) mass is 493 g/mol. The van der Waals surface area contributed by atoms with Crippen LogP contribution in [0, 0.1) is 0 Å². The second kappa shape index (κ2) is 15.0. The zero-order chi connectivity index (χ0) is 24.1. The Labute approximate surface area is 207 Å². The van der Waals surface area contributed by atoms with E-state index in [0.717, 1.165) is 24.8 Å². The van der Waals surface area contributed by atoms with Crippen molar-refractivity contribution >= 4 is 46.3 Å². The molecule has 0 aromatic heterocycles. The molecule has 0 bridgehead atoms. The summed E-state index contributed by atoms with van der Waals surface area (Å²) < 4.78 is 17.3. The highest BCUT2D eigenvalue weighted by Gasteiger charge is 2.31. The van der Waals surface area contributed by atoms with Gasteiger partial charge in [-0.3, -0.25) is 14.5 Å². The van der Waals surface area contributed by atoms with Crippen LogP contribution >= 0.6 is 24.0 Å². The van der Waals surface area contributed by atoms with Gasteiger partial charge in [0.15, 0.2) is 11.5 Å². The minimum Gasteiger partial charge on any atom is -0.490 e. The fourth-order valence-corrected chi connectivity index (χ4v) is 4.54. The molecule has 1 aliphatic rings. The Balaban J connectivity index is 1.99. The topological polar surface area (TPSA) is 65.1 Å². The Bertz CT molecular complexity index is 840. The van der Waals surface area contributed by atoms with Gasteiger partial charge < -0.3 is 14.2 Å². The maximum Gasteiger partial charge on any atom is 0.305 e. The van der Waals surface area contributed by atoms with Crippen LogP contribution in [0.2, 0.25) is 0 Å². The van der Waals surface area contributed by atoms with Crippen molar-refractivity contribution in [2.24, 2.45) is 0 Å². The fourth-order valence-electron chi connectivity index (χ4n) is 3.23. The zero-order valence-corrected chi connectivity index (χ0v) is 21.5. The number of amides is 1. The molecular weight excluding hydrogens is 458 g/mol. The van der Waals surface area contributed by atoms with Gasteiger partial charge in [0, 0.05) is 13.0 Å². The van der Waals surface area contributed by atoms with Crippen molar-refractivity contribution in [1.82, 2.24) is 4.90 Å². The van der Waals surface area contributed by atoms with Crippen LogP contribution in [0.15, 0.2) is 23.1 Å². The molecule has 1 saturated heterocycles. The normalized spacial score (nSPS) is 14.8. The van der Waals surface area contributed by atoms with Crippen LogP contribution in [-0.2, 0) is 14.3 Å². The van der Waals surface area contributed by atoms with Gasteiger partial charge in [0.25, 0.3) is 5.91 Å². The minimum absolute atomic E-state index is 0.138. The molecule has 0 saturated carbocycles. The molecule has 8 heteroatoms. The third-order valence-electron chi connectivity index (χ3n) is 4.92. The number of benzene rings is 1. The molecule has 1 aliphatic heterocycles. The van der Waals surface area contributed by atoms with Crippen molar-refractivity contribution in [3.63, 3.8) is 0 Å². The number of esters is 1. The van der Waals surface area contributed by atoms with Crippen molar-refractivity contribution in [1.29, 1.82) is 0 Å². The van der Waals surface area contributed by atoms with E-state index >= 15 is 0 Å². The number of unbranched alkanes of at least 4 members (excludes halogenated alkanes) is 3. The lowest BCUT2D eigenvalue weighted by atomic mass is 10.1. The van der Waals surface area contributed by atoms with Gasteiger partial charge in [0.2, 0.25) is 0 Å². The first-order valence-electron chi connectivity index (χ1n) is 11.8. The molecule has 0 spiro atoms. The SMILES string of the molecule is CCCCCCOc1ccc(/C=C2\SC(=S)N(CCCC(=O)OCCC)C2=O)cc1OCC. The smallest absolute Gasteiger partial charge is 0.305 e. The van der Waals surface area contributed by atoms with Crippen LogP contribution in [0.5, 0.6) is 11.5 Å². The summed E-state index contributed by atoms with van der Waals surface area (Å²) in [5, 5.41) is 0. The number of rotatable bonds is 15. The van der Waals surface area contributed by atoms with Crippen LogP contribution in [-0.4, -0.2) is 47.5 Å². The number of hydrogen-bond donors (Lipinski definition) is 0. The number of carbonyl (C=O) groups excluding carboxylic acids is 2. The standard InChI is InChI=1S/C25H35NO5S2/c1-4-7-8-9-16-30-20-13-12-19(17-21(20)29-6-3)18-22-24(28)26(25(32)33-22)14-10-11-23(27)31-15-5-2/h12-13,17-18H,4-11,14-16H2,1-3H3/b22-18-. The number of thioether (sulfide) groups is 1. The quantitative estimate of drug-likeness (QED) is 0.129. The van der Waals surface area contributed by atoms with Crippen molar-refractivity contribution < 1.29 is 23.8 Å². The highest BCUT2D eigenvalue weighted by atomic mass is 32.2. The molecule has 1 aromatic rings. The predicted molar refractivity (Wildman–Crippen MR) is 138 cm³/mol. The van der Waals surface area contributed by atoms with Gasteiger partial charge in [0.1, 0.15) is 4.32 Å². The maximum atomic E-state index is 12.9.